The molecule has 0 aliphatic rings. The molecule has 0 heterocycles. The lowest BCUT2D eigenvalue weighted by atomic mass is 10.1. The van der Waals surface area contributed by atoms with Crippen LogP contribution in [0.5, 0.6) is 0 Å². The molecule has 0 N–H and O–H groups in total. The first-order valence-electron chi connectivity index (χ1n) is 7.02. The smallest absolute Gasteiger partial charge is 0.0654 e. The Morgan fingerprint density at radius 3 is 2.18 bits per heavy atom. The van der Waals surface area contributed by atoms with Crippen LogP contribution in [0.25, 0.3) is 0 Å². The molecule has 1 heteroatoms. The van der Waals surface area contributed by atoms with Gasteiger partial charge in [0, 0.05) is 7.26 Å². The van der Waals surface area contributed by atoms with E-state index in [0.717, 1.165) is 5.66 Å². The molecule has 1 unspecified atom stereocenters. The van der Waals surface area contributed by atoms with Crippen LogP contribution in [0.3, 0.4) is 0 Å². The van der Waals surface area contributed by atoms with Crippen molar-refractivity contribution in [3.05, 3.63) is 30.3 Å². The van der Waals surface area contributed by atoms with Gasteiger partial charge in [-0.1, -0.05) is 44.9 Å². The van der Waals surface area contributed by atoms with Crippen molar-refractivity contribution in [2.75, 3.05) is 13.3 Å². The first-order chi connectivity index (χ1) is 8.12. The summed E-state index contributed by atoms with van der Waals surface area (Å²) in [6, 6.07) is 11.2. The zero-order valence-electron chi connectivity index (χ0n) is 11.9. The molecule has 0 aliphatic heterocycles. The highest BCUT2D eigenvalue weighted by Gasteiger charge is 2.36. The minimum Gasteiger partial charge on any atom is -0.0654 e. The summed E-state index contributed by atoms with van der Waals surface area (Å²) in [7, 11) is -0.945. The van der Waals surface area contributed by atoms with Crippen LogP contribution in [0.2, 0.25) is 0 Å². The molecule has 0 bridgehead atoms. The van der Waals surface area contributed by atoms with Crippen LogP contribution in [-0.2, 0) is 0 Å². The van der Waals surface area contributed by atoms with E-state index in [1.165, 1.54) is 32.1 Å². The maximum absolute atomic E-state index is 2.52. The first kappa shape index (κ1) is 14.7. The van der Waals surface area contributed by atoms with Gasteiger partial charge in [-0.05, 0) is 31.4 Å². The molecule has 0 fully saturated rings. The highest BCUT2D eigenvalue weighted by atomic mass is 31.2. The summed E-state index contributed by atoms with van der Waals surface area (Å²) < 4.78 is 0. The van der Waals surface area contributed by atoms with Crippen LogP contribution < -0.4 is 5.30 Å². The van der Waals surface area contributed by atoms with Crippen LogP contribution in [0.15, 0.2) is 30.3 Å². The molecule has 96 valence electrons. The third-order valence-corrected chi connectivity index (χ3v) is 8.02. The van der Waals surface area contributed by atoms with E-state index in [-0.39, 0.29) is 0 Å². The van der Waals surface area contributed by atoms with E-state index in [1.54, 1.807) is 5.30 Å². The minimum absolute atomic E-state index is 0.913. The van der Waals surface area contributed by atoms with Gasteiger partial charge in [0.25, 0.3) is 0 Å². The molecule has 0 saturated heterocycles. The molecular formula is C16H28P+. The predicted octanol–water partition coefficient (Wildman–Crippen LogP) is 4.95. The summed E-state index contributed by atoms with van der Waals surface area (Å²) in [5.74, 6) is 0. The molecular weight excluding hydrogens is 223 g/mol. The molecule has 1 aromatic rings. The molecule has 0 aliphatic carbocycles. The number of unbranched alkanes of at least 4 members (excludes halogenated alkanes) is 2. The Morgan fingerprint density at radius 1 is 1.00 bits per heavy atom. The van der Waals surface area contributed by atoms with E-state index in [4.69, 9.17) is 0 Å². The Hall–Kier alpha value is -0.350. The Kier molecular flexibility index (Phi) is 6.20. The second-order valence-electron chi connectivity index (χ2n) is 5.43. The van der Waals surface area contributed by atoms with E-state index >= 15 is 0 Å². The topological polar surface area (TPSA) is 0 Å². The SMILES string of the molecule is CCCCCC(CC)[P+](C)(C)c1ccccc1. The third kappa shape index (κ3) is 4.11. The normalized spacial score (nSPS) is 13.6. The molecule has 0 spiro atoms. The number of hydrogen-bond acceptors (Lipinski definition) is 0. The van der Waals surface area contributed by atoms with Crippen molar-refractivity contribution in [2.24, 2.45) is 0 Å². The van der Waals surface area contributed by atoms with Crippen LogP contribution in [0.1, 0.15) is 46.0 Å². The van der Waals surface area contributed by atoms with Crippen LogP contribution in [0.4, 0.5) is 0 Å². The Bertz CT molecular complexity index is 303. The zero-order chi connectivity index (χ0) is 12.7. The van der Waals surface area contributed by atoms with Gasteiger partial charge < -0.3 is 0 Å². The fraction of sp³-hybridized carbons (Fsp3) is 0.625. The van der Waals surface area contributed by atoms with Gasteiger partial charge in [0.15, 0.2) is 0 Å². The Balaban J connectivity index is 2.72. The van der Waals surface area contributed by atoms with Gasteiger partial charge in [0.1, 0.15) is 0 Å². The lowest BCUT2D eigenvalue weighted by Crippen LogP contribution is -2.21. The molecule has 17 heavy (non-hydrogen) atoms. The summed E-state index contributed by atoms with van der Waals surface area (Å²) in [6.45, 7) is 9.69. The highest BCUT2D eigenvalue weighted by Crippen LogP contribution is 2.57. The van der Waals surface area contributed by atoms with Crippen molar-refractivity contribution in [1.82, 2.24) is 0 Å². The standard InChI is InChI=1S/C16H28P/c1-5-7-9-12-15(6-2)17(3,4)16-13-10-8-11-14-16/h8,10-11,13-15H,5-7,9,12H2,1-4H3/q+1. The van der Waals surface area contributed by atoms with E-state index in [1.807, 2.05) is 0 Å². The summed E-state index contributed by atoms with van der Waals surface area (Å²) in [5, 5.41) is 1.60. The van der Waals surface area contributed by atoms with E-state index in [0.29, 0.717) is 0 Å². The average molecular weight is 251 g/mol. The average Bonchev–Trinajstić information content (AvgIpc) is 2.35. The Labute approximate surface area is 108 Å². The highest BCUT2D eigenvalue weighted by molar-refractivity contribution is 7.82. The summed E-state index contributed by atoms with van der Waals surface area (Å²) in [6.07, 6.45) is 6.89. The fourth-order valence-electron chi connectivity index (χ4n) is 2.64. The molecule has 0 saturated carbocycles. The van der Waals surface area contributed by atoms with E-state index < -0.39 is 7.26 Å². The molecule has 0 aromatic heterocycles. The third-order valence-electron chi connectivity index (χ3n) is 3.95. The summed E-state index contributed by atoms with van der Waals surface area (Å²) >= 11 is 0. The van der Waals surface area contributed by atoms with Crippen molar-refractivity contribution < 1.29 is 0 Å². The molecule has 1 rings (SSSR count). The summed E-state index contributed by atoms with van der Waals surface area (Å²) in [4.78, 5) is 0. The van der Waals surface area contributed by atoms with Gasteiger partial charge >= 0.3 is 0 Å². The van der Waals surface area contributed by atoms with E-state index in [9.17, 15) is 0 Å². The van der Waals surface area contributed by atoms with Crippen molar-refractivity contribution in [3.8, 4) is 0 Å². The van der Waals surface area contributed by atoms with Crippen molar-refractivity contribution >= 4 is 12.6 Å². The van der Waals surface area contributed by atoms with Crippen LogP contribution in [0, 0.1) is 0 Å². The monoisotopic (exact) mass is 251 g/mol. The molecule has 0 radical (unpaired) electrons. The first-order valence-corrected chi connectivity index (χ1v) is 9.77. The second-order valence-corrected chi connectivity index (χ2v) is 9.76. The fourth-order valence-corrected chi connectivity index (χ4v) is 5.74. The molecule has 1 atom stereocenters. The molecule has 0 nitrogen and oxygen atoms in total. The largest absolute Gasteiger partial charge is 0.0936 e. The second kappa shape index (κ2) is 7.17. The Morgan fingerprint density at radius 2 is 1.65 bits per heavy atom. The molecule has 1 aromatic carbocycles. The number of rotatable bonds is 7. The van der Waals surface area contributed by atoms with E-state index in [2.05, 4.69) is 57.5 Å². The van der Waals surface area contributed by atoms with Gasteiger partial charge in [-0.25, -0.2) is 0 Å². The van der Waals surface area contributed by atoms with Crippen molar-refractivity contribution in [2.45, 2.75) is 51.6 Å². The lowest BCUT2D eigenvalue weighted by Gasteiger charge is -2.27. The molecule has 0 amide bonds. The maximum atomic E-state index is 2.52. The van der Waals surface area contributed by atoms with Gasteiger partial charge in [-0.15, -0.1) is 0 Å². The van der Waals surface area contributed by atoms with Crippen LogP contribution in [-0.4, -0.2) is 19.0 Å². The van der Waals surface area contributed by atoms with Gasteiger partial charge in [0.2, 0.25) is 0 Å². The van der Waals surface area contributed by atoms with Crippen LogP contribution >= 0.6 is 7.26 Å². The zero-order valence-corrected chi connectivity index (χ0v) is 12.8. The predicted molar refractivity (Wildman–Crippen MR) is 83.1 cm³/mol. The minimum atomic E-state index is -0.945. The van der Waals surface area contributed by atoms with Gasteiger partial charge in [-0.3, -0.25) is 0 Å². The number of benzene rings is 1. The summed E-state index contributed by atoms with van der Waals surface area (Å²) in [5.41, 5.74) is 0.913. The lowest BCUT2D eigenvalue weighted by molar-refractivity contribution is 0.629. The number of hydrogen-bond donors (Lipinski definition) is 0. The van der Waals surface area contributed by atoms with Gasteiger partial charge in [0.05, 0.1) is 24.3 Å². The van der Waals surface area contributed by atoms with Crippen molar-refractivity contribution in [1.29, 1.82) is 0 Å². The maximum Gasteiger partial charge on any atom is 0.0936 e. The van der Waals surface area contributed by atoms with Gasteiger partial charge in [-0.2, -0.15) is 0 Å². The quantitative estimate of drug-likeness (QED) is 0.475. The van der Waals surface area contributed by atoms with Crippen molar-refractivity contribution in [3.63, 3.8) is 0 Å².